The molecule has 0 rings (SSSR count). The molecule has 6 nitrogen and oxygen atoms in total. The molecule has 0 aliphatic carbocycles. The van der Waals surface area contributed by atoms with Crippen molar-refractivity contribution in [1.29, 1.82) is 0 Å². The van der Waals surface area contributed by atoms with Crippen molar-refractivity contribution in [1.82, 2.24) is 4.90 Å². The second-order valence-electron chi connectivity index (χ2n) is 14.2. The van der Waals surface area contributed by atoms with Crippen LogP contribution in [0.3, 0.4) is 0 Å². The molecule has 1 amide bonds. The van der Waals surface area contributed by atoms with Crippen molar-refractivity contribution in [2.45, 2.75) is 207 Å². The number of esters is 2. The second-order valence-corrected chi connectivity index (χ2v) is 15.3. The van der Waals surface area contributed by atoms with Crippen LogP contribution in [0.25, 0.3) is 0 Å². The first-order valence-electron chi connectivity index (χ1n) is 21.6. The van der Waals surface area contributed by atoms with Crippen LogP contribution in [0.1, 0.15) is 207 Å². The first kappa shape index (κ1) is 49.2. The highest BCUT2D eigenvalue weighted by Gasteiger charge is 2.15. The third kappa shape index (κ3) is 37.8. The van der Waals surface area contributed by atoms with Crippen molar-refractivity contribution in [3.63, 3.8) is 0 Å². The summed E-state index contributed by atoms with van der Waals surface area (Å²) in [4.78, 5) is 38.9. The summed E-state index contributed by atoms with van der Waals surface area (Å²) in [5, 5.41) is -0.0570. The van der Waals surface area contributed by atoms with Gasteiger partial charge in [0.15, 0.2) is 0 Å². The van der Waals surface area contributed by atoms with Crippen LogP contribution in [0, 0.1) is 0 Å². The lowest BCUT2D eigenvalue weighted by atomic mass is 10.1. The van der Waals surface area contributed by atoms with Gasteiger partial charge in [0, 0.05) is 18.6 Å². The number of carbonyl (C=O) groups excluding carboxylic acids is 3. The van der Waals surface area contributed by atoms with E-state index in [0.29, 0.717) is 25.9 Å². The maximum atomic E-state index is 12.7. The molecule has 0 unspecified atom stereocenters. The molecule has 0 aliphatic rings. The number of nitrogens with zero attached hydrogens (tertiary/aromatic N) is 1. The summed E-state index contributed by atoms with van der Waals surface area (Å²) >= 11 is 1.26. The molecule has 0 bridgehead atoms. The summed E-state index contributed by atoms with van der Waals surface area (Å²) in [7, 11) is 0. The van der Waals surface area contributed by atoms with Crippen LogP contribution in [0.2, 0.25) is 0 Å². The van der Waals surface area contributed by atoms with Crippen LogP contribution in [0.15, 0.2) is 24.3 Å². The predicted molar refractivity (Wildman–Crippen MR) is 221 cm³/mol. The minimum Gasteiger partial charge on any atom is -0.464 e. The molecule has 0 aromatic carbocycles. The number of thioether (sulfide) groups is 1. The van der Waals surface area contributed by atoms with Crippen LogP contribution >= 0.6 is 11.8 Å². The Hall–Kier alpha value is -1.76. The number of ether oxygens (including phenoxy) is 2. The smallest absolute Gasteiger partial charge is 0.305 e. The summed E-state index contributed by atoms with van der Waals surface area (Å²) < 4.78 is 10.9. The van der Waals surface area contributed by atoms with Crippen molar-refractivity contribution < 1.29 is 23.9 Å². The molecule has 51 heavy (non-hydrogen) atoms. The Labute approximate surface area is 320 Å². The van der Waals surface area contributed by atoms with Crippen LogP contribution in [0.5, 0.6) is 0 Å². The van der Waals surface area contributed by atoms with E-state index in [1.165, 1.54) is 127 Å². The van der Waals surface area contributed by atoms with Gasteiger partial charge in [-0.2, -0.15) is 0 Å². The summed E-state index contributed by atoms with van der Waals surface area (Å²) in [6.07, 6.45) is 43.0. The number of amides is 1. The van der Waals surface area contributed by atoms with Gasteiger partial charge in [-0.25, -0.2) is 0 Å². The third-order valence-electron chi connectivity index (χ3n) is 9.22. The molecule has 0 saturated heterocycles. The molecular weight excluding hydrogens is 655 g/mol. The molecule has 0 spiro atoms. The molecule has 298 valence electrons. The van der Waals surface area contributed by atoms with Crippen LogP contribution < -0.4 is 0 Å². The number of hydrogen-bond acceptors (Lipinski definition) is 6. The first-order valence-corrected chi connectivity index (χ1v) is 22.6. The maximum Gasteiger partial charge on any atom is 0.305 e. The maximum absolute atomic E-state index is 12.7. The molecule has 0 aromatic heterocycles. The van der Waals surface area contributed by atoms with Crippen molar-refractivity contribution >= 4 is 28.9 Å². The van der Waals surface area contributed by atoms with Gasteiger partial charge in [0.2, 0.25) is 0 Å². The van der Waals surface area contributed by atoms with E-state index in [-0.39, 0.29) is 30.4 Å². The molecule has 0 atom stereocenters. The average molecular weight is 736 g/mol. The highest BCUT2D eigenvalue weighted by Crippen LogP contribution is 2.14. The molecule has 0 saturated carbocycles. The minimum absolute atomic E-state index is 0.0570. The van der Waals surface area contributed by atoms with Crippen molar-refractivity contribution in [2.24, 2.45) is 0 Å². The molecule has 0 N–H and O–H groups in total. The van der Waals surface area contributed by atoms with E-state index in [0.717, 1.165) is 63.5 Å². The fraction of sp³-hybridized carbons (Fsp3) is 0.841. The minimum atomic E-state index is -0.201. The molecule has 7 heteroatoms. The van der Waals surface area contributed by atoms with E-state index < -0.39 is 0 Å². The van der Waals surface area contributed by atoms with Gasteiger partial charge in [-0.15, -0.1) is 0 Å². The fourth-order valence-electron chi connectivity index (χ4n) is 5.94. The Balaban J connectivity index is 3.91. The van der Waals surface area contributed by atoms with Gasteiger partial charge in [0.05, 0.1) is 13.1 Å². The Bertz CT molecular complexity index is 787. The van der Waals surface area contributed by atoms with E-state index in [9.17, 15) is 14.4 Å². The zero-order valence-corrected chi connectivity index (χ0v) is 34.6. The monoisotopic (exact) mass is 736 g/mol. The van der Waals surface area contributed by atoms with Gasteiger partial charge >= 0.3 is 11.9 Å². The fourth-order valence-corrected chi connectivity index (χ4v) is 6.68. The predicted octanol–water partition coefficient (Wildman–Crippen LogP) is 13.7. The van der Waals surface area contributed by atoms with Gasteiger partial charge in [0.1, 0.15) is 13.2 Å². The van der Waals surface area contributed by atoms with E-state index in [4.69, 9.17) is 9.47 Å². The van der Waals surface area contributed by atoms with Crippen LogP contribution in [-0.2, 0) is 19.1 Å². The van der Waals surface area contributed by atoms with Crippen molar-refractivity contribution in [2.75, 3.05) is 32.1 Å². The van der Waals surface area contributed by atoms with E-state index in [1.54, 1.807) is 4.90 Å². The SMILES string of the molecule is CCCCCCCC/C=C\CCCCCCCC(=O)OCCN(CCOC(=O)CCCCCCC/C=C\CCCCCCCC)C(=O)SCCC. The highest BCUT2D eigenvalue weighted by atomic mass is 32.2. The van der Waals surface area contributed by atoms with E-state index in [2.05, 4.69) is 38.2 Å². The quantitative estimate of drug-likeness (QED) is 0.0357. The number of unbranched alkanes of at least 4 members (excludes halogenated alkanes) is 22. The summed E-state index contributed by atoms with van der Waals surface area (Å²) in [5.74, 6) is 0.333. The van der Waals surface area contributed by atoms with Crippen molar-refractivity contribution in [3.8, 4) is 0 Å². The van der Waals surface area contributed by atoms with Crippen LogP contribution in [-0.4, -0.2) is 54.1 Å². The lowest BCUT2D eigenvalue weighted by molar-refractivity contribution is -0.144. The zero-order chi connectivity index (χ0) is 37.3. The normalized spacial score (nSPS) is 11.5. The number of allylic oxidation sites excluding steroid dienone is 4. The second kappa shape index (κ2) is 41.0. The lowest BCUT2D eigenvalue weighted by Gasteiger charge is -2.22. The highest BCUT2D eigenvalue weighted by molar-refractivity contribution is 8.13. The largest absolute Gasteiger partial charge is 0.464 e. The van der Waals surface area contributed by atoms with Gasteiger partial charge in [-0.3, -0.25) is 14.4 Å². The first-order chi connectivity index (χ1) is 25.0. The third-order valence-corrected chi connectivity index (χ3v) is 10.3. The summed E-state index contributed by atoms with van der Waals surface area (Å²) in [6, 6.07) is 0. The molecular formula is C44H81NO5S. The van der Waals surface area contributed by atoms with Gasteiger partial charge in [-0.1, -0.05) is 160 Å². The molecule has 0 heterocycles. The molecule has 0 radical (unpaired) electrons. The Morgan fingerprint density at radius 1 is 0.451 bits per heavy atom. The Kier molecular flexibility index (Phi) is 39.6. The average Bonchev–Trinajstić information content (AvgIpc) is 3.13. The molecule has 0 fully saturated rings. The molecule has 0 aliphatic heterocycles. The summed E-state index contributed by atoms with van der Waals surface area (Å²) in [6.45, 7) is 7.54. The number of carbonyl (C=O) groups is 3. The van der Waals surface area contributed by atoms with E-state index in [1.807, 2.05) is 6.92 Å². The van der Waals surface area contributed by atoms with Gasteiger partial charge in [0.25, 0.3) is 5.24 Å². The summed E-state index contributed by atoms with van der Waals surface area (Å²) in [5.41, 5.74) is 0. The number of rotatable bonds is 38. The zero-order valence-electron chi connectivity index (χ0n) is 33.7. The lowest BCUT2D eigenvalue weighted by Crippen LogP contribution is -2.35. The molecule has 0 aromatic rings. The van der Waals surface area contributed by atoms with Gasteiger partial charge < -0.3 is 14.4 Å². The Morgan fingerprint density at radius 3 is 1.14 bits per heavy atom. The van der Waals surface area contributed by atoms with Crippen molar-refractivity contribution in [3.05, 3.63) is 24.3 Å². The standard InChI is InChI=1S/C44H81NO5S/c1-4-7-9-11-13-15-17-19-21-23-25-27-29-31-33-35-42(46)49-39-37-45(44(48)51-41-6-3)38-40-50-43(47)36-34-32-30-28-26-24-22-20-18-16-14-12-10-8-5-2/h19-22H,4-18,23-41H2,1-3H3/b21-19-,22-20-. The Morgan fingerprint density at radius 2 is 0.784 bits per heavy atom. The number of hydrogen-bond donors (Lipinski definition) is 0. The van der Waals surface area contributed by atoms with Crippen LogP contribution in [0.4, 0.5) is 4.79 Å². The topological polar surface area (TPSA) is 72.9 Å². The van der Waals surface area contributed by atoms with Gasteiger partial charge in [-0.05, 0) is 70.6 Å². The van der Waals surface area contributed by atoms with E-state index >= 15 is 0 Å².